The van der Waals surface area contributed by atoms with Gasteiger partial charge in [0.15, 0.2) is 0 Å². The molecule has 1 aromatic heterocycles. The second-order valence-electron chi connectivity index (χ2n) is 10.8. The molecule has 0 radical (unpaired) electrons. The van der Waals surface area contributed by atoms with E-state index in [0.717, 1.165) is 58.7 Å². The first-order valence-corrected chi connectivity index (χ1v) is 14.4. The molecular weight excluding hydrogens is 510 g/mol. The van der Waals surface area contributed by atoms with E-state index in [4.69, 9.17) is 9.73 Å². The van der Waals surface area contributed by atoms with Crippen molar-refractivity contribution in [3.05, 3.63) is 116 Å². The van der Waals surface area contributed by atoms with Crippen LogP contribution < -0.4 is 5.56 Å². The molecule has 1 saturated heterocycles. The molecule has 5 rings (SSSR count). The smallest absolute Gasteiger partial charge is 0.310 e. The highest BCUT2D eigenvalue weighted by Crippen LogP contribution is 2.22. The van der Waals surface area contributed by atoms with Crippen molar-refractivity contribution >= 4 is 5.71 Å². The molecule has 0 N–H and O–H groups in total. The molecule has 2 aromatic carbocycles. The third kappa shape index (κ3) is 7.47. The number of rotatable bonds is 8. The molecule has 1 atom stereocenters. The number of hydrogen-bond acceptors (Lipinski definition) is 5. The number of likely N-dealkylation sites (tertiary alicyclic amines) is 1. The average molecular weight is 549 g/mol. The quantitative estimate of drug-likeness (QED) is 0.339. The van der Waals surface area contributed by atoms with Crippen molar-refractivity contribution in [1.82, 2.24) is 14.7 Å². The van der Waals surface area contributed by atoms with Crippen LogP contribution in [0.2, 0.25) is 0 Å². The third-order valence-electron chi connectivity index (χ3n) is 7.74. The molecular formula is C34H38N5O2+. The van der Waals surface area contributed by atoms with E-state index in [1.165, 1.54) is 29.6 Å². The molecule has 2 aliphatic heterocycles. The van der Waals surface area contributed by atoms with Crippen molar-refractivity contribution in [2.24, 2.45) is 4.99 Å². The Labute approximate surface area is 242 Å². The van der Waals surface area contributed by atoms with E-state index in [1.54, 1.807) is 19.2 Å². The Kier molecular flexibility index (Phi) is 9.22. The average Bonchev–Trinajstić information content (AvgIpc) is 3.37. The van der Waals surface area contributed by atoms with E-state index in [0.29, 0.717) is 19.2 Å². The lowest BCUT2D eigenvalue weighted by Crippen LogP contribution is -2.26. The van der Waals surface area contributed by atoms with Gasteiger partial charge in [0, 0.05) is 23.4 Å². The van der Waals surface area contributed by atoms with Gasteiger partial charge in [-0.2, -0.15) is 5.10 Å². The van der Waals surface area contributed by atoms with Crippen LogP contribution in [-0.4, -0.2) is 53.7 Å². The van der Waals surface area contributed by atoms with Crippen molar-refractivity contribution in [3.63, 3.8) is 0 Å². The molecule has 41 heavy (non-hydrogen) atoms. The first-order chi connectivity index (χ1) is 20.0. The molecule has 7 nitrogen and oxygen atoms in total. The predicted molar refractivity (Wildman–Crippen MR) is 166 cm³/mol. The van der Waals surface area contributed by atoms with Gasteiger partial charge in [-0.25, -0.2) is 4.68 Å². The highest BCUT2D eigenvalue weighted by Gasteiger charge is 2.20. The van der Waals surface area contributed by atoms with E-state index in [9.17, 15) is 4.79 Å². The van der Waals surface area contributed by atoms with Crippen LogP contribution in [0.4, 0.5) is 0 Å². The van der Waals surface area contributed by atoms with Crippen LogP contribution in [0, 0.1) is 6.07 Å². The Morgan fingerprint density at radius 2 is 1.93 bits per heavy atom. The maximum absolute atomic E-state index is 12.7. The number of ether oxygens (including phenoxy) is 1. The Morgan fingerprint density at radius 1 is 1.07 bits per heavy atom. The SMILES string of the molecule is C[N+]#Cc1cccc(-c2ccc(=O)n(Cc3cccc(C4=NC=C(OCCC5CCCN5C)C=C(C)CC4)c3)n2)c1. The van der Waals surface area contributed by atoms with Gasteiger partial charge in [0.2, 0.25) is 0 Å². The van der Waals surface area contributed by atoms with Crippen LogP contribution in [0.5, 0.6) is 0 Å². The summed E-state index contributed by atoms with van der Waals surface area (Å²) in [5.41, 5.74) is 6.69. The van der Waals surface area contributed by atoms with Gasteiger partial charge in [-0.3, -0.25) is 9.79 Å². The van der Waals surface area contributed by atoms with Gasteiger partial charge in [-0.05, 0) is 94.1 Å². The summed E-state index contributed by atoms with van der Waals surface area (Å²) in [6.45, 7) is 4.39. The molecule has 7 heteroatoms. The summed E-state index contributed by atoms with van der Waals surface area (Å²) < 4.78 is 7.68. The summed E-state index contributed by atoms with van der Waals surface area (Å²) in [6.07, 6.45) is 9.27. The van der Waals surface area contributed by atoms with Crippen molar-refractivity contribution in [2.75, 3.05) is 27.2 Å². The minimum atomic E-state index is -0.144. The zero-order valence-electron chi connectivity index (χ0n) is 24.2. The first-order valence-electron chi connectivity index (χ1n) is 14.4. The summed E-state index contributed by atoms with van der Waals surface area (Å²) >= 11 is 0. The van der Waals surface area contributed by atoms with E-state index in [-0.39, 0.29) is 5.56 Å². The summed E-state index contributed by atoms with van der Waals surface area (Å²) in [5, 5.41) is 4.67. The lowest BCUT2D eigenvalue weighted by molar-refractivity contribution is 0.181. The van der Waals surface area contributed by atoms with Crippen LogP contribution in [-0.2, 0) is 11.3 Å². The van der Waals surface area contributed by atoms with Crippen LogP contribution in [0.15, 0.2) is 94.1 Å². The van der Waals surface area contributed by atoms with Crippen LogP contribution in [0.1, 0.15) is 55.7 Å². The fourth-order valence-corrected chi connectivity index (χ4v) is 5.44. The fourth-order valence-electron chi connectivity index (χ4n) is 5.44. The Morgan fingerprint density at radius 3 is 2.76 bits per heavy atom. The van der Waals surface area contributed by atoms with Crippen LogP contribution in [0.3, 0.4) is 0 Å². The standard InChI is InChI=1S/C34H38N5O2/c1-25-12-13-32(36-23-31(19-25)41-18-16-30-11-6-17-38(30)3)28-9-5-8-27(21-28)24-39-34(40)15-14-33(37-39)29-10-4-7-26(20-29)22-35-2/h4-5,7-10,14-15,19-21,23,30H,6,11-13,16-18,24H2,1-3H3/q+1. The molecule has 1 fully saturated rings. The lowest BCUT2D eigenvalue weighted by Gasteiger charge is -2.19. The summed E-state index contributed by atoms with van der Waals surface area (Å²) in [5.74, 6) is 0.816. The molecule has 1 unspecified atom stereocenters. The normalized spacial score (nSPS) is 17.4. The second-order valence-corrected chi connectivity index (χ2v) is 10.8. The monoisotopic (exact) mass is 548 g/mol. The van der Waals surface area contributed by atoms with Crippen molar-refractivity contribution in [2.45, 2.75) is 51.6 Å². The molecule has 0 aliphatic carbocycles. The zero-order valence-corrected chi connectivity index (χ0v) is 24.2. The van der Waals surface area contributed by atoms with Gasteiger partial charge < -0.3 is 9.64 Å². The van der Waals surface area contributed by atoms with E-state index < -0.39 is 0 Å². The van der Waals surface area contributed by atoms with Crippen molar-refractivity contribution < 1.29 is 4.74 Å². The van der Waals surface area contributed by atoms with Gasteiger partial charge in [0.1, 0.15) is 11.3 Å². The van der Waals surface area contributed by atoms with Crippen molar-refractivity contribution in [1.29, 1.82) is 0 Å². The zero-order chi connectivity index (χ0) is 28.6. The minimum absolute atomic E-state index is 0.144. The molecule has 0 spiro atoms. The topological polar surface area (TPSA) is 64.1 Å². The van der Waals surface area contributed by atoms with Crippen LogP contribution in [0.25, 0.3) is 16.1 Å². The highest BCUT2D eigenvalue weighted by molar-refractivity contribution is 6.01. The van der Waals surface area contributed by atoms with Gasteiger partial charge >= 0.3 is 6.07 Å². The Balaban J connectivity index is 1.32. The molecule has 0 bridgehead atoms. The molecule has 3 heterocycles. The summed E-state index contributed by atoms with van der Waals surface area (Å²) in [7, 11) is 3.89. The molecule has 2 aliphatic rings. The summed E-state index contributed by atoms with van der Waals surface area (Å²) in [4.78, 5) is 24.0. The number of allylic oxidation sites excluding steroid dienone is 2. The summed E-state index contributed by atoms with van der Waals surface area (Å²) in [6, 6.07) is 22.9. The molecule has 210 valence electrons. The largest absolute Gasteiger partial charge is 0.492 e. The van der Waals surface area contributed by atoms with Gasteiger partial charge in [0.25, 0.3) is 12.6 Å². The van der Waals surface area contributed by atoms with Crippen LogP contribution >= 0.6 is 0 Å². The van der Waals surface area contributed by atoms with Gasteiger partial charge in [-0.1, -0.05) is 40.7 Å². The number of benzene rings is 2. The number of aromatic nitrogens is 2. The van der Waals surface area contributed by atoms with E-state index in [1.807, 2.05) is 42.6 Å². The maximum atomic E-state index is 12.7. The number of aliphatic imine (C=N–C) groups is 1. The number of hydrogen-bond donors (Lipinski definition) is 0. The van der Waals surface area contributed by atoms with Gasteiger partial charge in [0.05, 0.1) is 25.0 Å². The Hall–Kier alpha value is -4.28. The molecule has 3 aromatic rings. The fraction of sp³-hybridized carbons (Fsp3) is 0.353. The Bertz CT molecular complexity index is 1600. The predicted octanol–water partition coefficient (Wildman–Crippen LogP) is 6.14. The maximum Gasteiger partial charge on any atom is 0.310 e. The molecule has 0 saturated carbocycles. The van der Waals surface area contributed by atoms with E-state index >= 15 is 0 Å². The molecule has 0 amide bonds. The van der Waals surface area contributed by atoms with Crippen molar-refractivity contribution in [3.8, 4) is 17.3 Å². The first kappa shape index (κ1) is 28.3. The third-order valence-corrected chi connectivity index (χ3v) is 7.74. The minimum Gasteiger partial charge on any atom is -0.492 e. The number of nitrogens with zero attached hydrogens (tertiary/aromatic N) is 5. The highest BCUT2D eigenvalue weighted by atomic mass is 16.5. The lowest BCUT2D eigenvalue weighted by atomic mass is 9.99. The van der Waals surface area contributed by atoms with E-state index in [2.05, 4.69) is 53.1 Å². The van der Waals surface area contributed by atoms with Gasteiger partial charge in [-0.15, -0.1) is 0 Å². The second kappa shape index (κ2) is 13.4.